The van der Waals surface area contributed by atoms with Crippen molar-refractivity contribution in [3.8, 4) is 67.1 Å². The molecule has 14 rings (SSSR count). The van der Waals surface area contributed by atoms with Gasteiger partial charge in [-0.3, -0.25) is 0 Å². The predicted molar refractivity (Wildman–Crippen MR) is 248 cm³/mol. The minimum atomic E-state index is -0.491. The summed E-state index contributed by atoms with van der Waals surface area (Å²) in [5.74, 6) is 1.82. The fourth-order valence-electron chi connectivity index (χ4n) is 11.9. The molecule has 1 atom stereocenters. The Hall–Kier alpha value is -7.74. The second kappa shape index (κ2) is 11.9. The molecule has 1 heterocycles. The SMILES string of the molecule is c1ccc2c(c1)Oc1ccc(-c3ccc(-c4ccc5c(c4)C4(c6ccccc6-5)c5ccccc5-c5cc6ccccc6cc54)cc3)cc1C21c2ccccc2-c2ccccc21. The Balaban J connectivity index is 0.916. The molecule has 0 saturated carbocycles. The Morgan fingerprint density at radius 2 is 0.607 bits per heavy atom. The van der Waals surface area contributed by atoms with Gasteiger partial charge in [0.05, 0.1) is 10.8 Å². The van der Waals surface area contributed by atoms with Crippen LogP contribution in [-0.4, -0.2) is 0 Å². The van der Waals surface area contributed by atoms with Crippen molar-refractivity contribution in [1.29, 1.82) is 0 Å². The number of fused-ring (bicyclic) bond motifs is 20. The fraction of sp³-hybridized carbons (Fsp3) is 0.0333. The van der Waals surface area contributed by atoms with E-state index in [-0.39, 0.29) is 0 Å². The van der Waals surface area contributed by atoms with Crippen molar-refractivity contribution in [2.45, 2.75) is 10.8 Å². The Morgan fingerprint density at radius 3 is 1.20 bits per heavy atom. The van der Waals surface area contributed by atoms with Crippen LogP contribution in [-0.2, 0) is 10.8 Å². The van der Waals surface area contributed by atoms with Crippen LogP contribution < -0.4 is 4.74 Å². The van der Waals surface area contributed by atoms with E-state index in [0.717, 1.165) is 11.5 Å². The van der Waals surface area contributed by atoms with Crippen LogP contribution in [0, 0.1) is 0 Å². The van der Waals surface area contributed by atoms with Crippen molar-refractivity contribution >= 4 is 10.8 Å². The Labute approximate surface area is 354 Å². The summed E-state index contributed by atoms with van der Waals surface area (Å²) in [5.41, 5.74) is 22.2. The van der Waals surface area contributed by atoms with E-state index in [1.807, 2.05) is 0 Å². The molecule has 0 N–H and O–H groups in total. The van der Waals surface area contributed by atoms with Gasteiger partial charge in [0.2, 0.25) is 0 Å². The summed E-state index contributed by atoms with van der Waals surface area (Å²) in [7, 11) is 0. The third-order valence-corrected chi connectivity index (χ3v) is 14.4. The van der Waals surface area contributed by atoms with Crippen LogP contribution in [0.2, 0.25) is 0 Å². The first-order chi connectivity index (χ1) is 30.2. The molecule has 0 fully saturated rings. The van der Waals surface area contributed by atoms with Crippen LogP contribution in [0.5, 0.6) is 11.5 Å². The predicted octanol–water partition coefficient (Wildman–Crippen LogP) is 15.0. The number of rotatable bonds is 2. The quantitative estimate of drug-likeness (QED) is 0.170. The summed E-state index contributed by atoms with van der Waals surface area (Å²) in [6, 6.07) is 81.4. The summed E-state index contributed by atoms with van der Waals surface area (Å²) >= 11 is 0. The van der Waals surface area contributed by atoms with Crippen LogP contribution in [0.25, 0.3) is 66.4 Å². The molecule has 282 valence electrons. The minimum absolute atomic E-state index is 0.408. The molecule has 0 saturated heterocycles. The number of ether oxygens (including phenoxy) is 1. The highest BCUT2D eigenvalue weighted by Crippen LogP contribution is 2.64. The molecule has 1 nitrogen and oxygen atoms in total. The fourth-order valence-corrected chi connectivity index (χ4v) is 11.9. The van der Waals surface area contributed by atoms with Crippen molar-refractivity contribution in [3.05, 3.63) is 263 Å². The van der Waals surface area contributed by atoms with Gasteiger partial charge in [-0.15, -0.1) is 0 Å². The van der Waals surface area contributed by atoms with Gasteiger partial charge in [-0.05, 0) is 136 Å². The largest absolute Gasteiger partial charge is 0.457 e. The zero-order valence-electron chi connectivity index (χ0n) is 33.2. The maximum absolute atomic E-state index is 6.73. The van der Waals surface area contributed by atoms with Gasteiger partial charge in [0.15, 0.2) is 0 Å². The first-order valence-electron chi connectivity index (χ1n) is 21.3. The lowest BCUT2D eigenvalue weighted by Crippen LogP contribution is -2.32. The molecule has 10 aromatic carbocycles. The van der Waals surface area contributed by atoms with Gasteiger partial charge < -0.3 is 4.74 Å². The molecule has 10 aromatic rings. The highest BCUT2D eigenvalue weighted by atomic mass is 16.5. The molecule has 0 radical (unpaired) electrons. The summed E-state index contributed by atoms with van der Waals surface area (Å²) in [6.07, 6.45) is 0. The van der Waals surface area contributed by atoms with Crippen LogP contribution in [0.4, 0.5) is 0 Å². The van der Waals surface area contributed by atoms with E-state index < -0.39 is 10.8 Å². The lowest BCUT2D eigenvalue weighted by atomic mass is 9.66. The first-order valence-corrected chi connectivity index (χ1v) is 21.3. The van der Waals surface area contributed by atoms with E-state index >= 15 is 0 Å². The lowest BCUT2D eigenvalue weighted by molar-refractivity contribution is 0.436. The first kappa shape index (κ1) is 33.1. The number of para-hydroxylation sites is 1. The summed E-state index contributed by atoms with van der Waals surface area (Å²) < 4.78 is 6.73. The van der Waals surface area contributed by atoms with Crippen molar-refractivity contribution in [2.75, 3.05) is 0 Å². The second-order valence-electron chi connectivity index (χ2n) is 17.1. The van der Waals surface area contributed by atoms with Crippen molar-refractivity contribution < 1.29 is 4.74 Å². The maximum Gasteiger partial charge on any atom is 0.132 e. The summed E-state index contributed by atoms with van der Waals surface area (Å²) in [5, 5.41) is 2.55. The molecule has 1 heteroatoms. The van der Waals surface area contributed by atoms with E-state index in [4.69, 9.17) is 4.74 Å². The van der Waals surface area contributed by atoms with E-state index in [1.165, 1.54) is 111 Å². The number of hydrogen-bond donors (Lipinski definition) is 0. The average molecular weight is 773 g/mol. The van der Waals surface area contributed by atoms with Gasteiger partial charge >= 0.3 is 0 Å². The molecule has 1 unspecified atom stereocenters. The molecule has 0 aromatic heterocycles. The zero-order chi connectivity index (χ0) is 39.9. The van der Waals surface area contributed by atoms with Crippen LogP contribution in [0.15, 0.2) is 218 Å². The summed E-state index contributed by atoms with van der Waals surface area (Å²) in [6.45, 7) is 0. The molecule has 61 heavy (non-hydrogen) atoms. The van der Waals surface area contributed by atoms with E-state index in [9.17, 15) is 0 Å². The molecular formula is C60H36O. The Kier molecular flexibility index (Phi) is 6.48. The van der Waals surface area contributed by atoms with Crippen LogP contribution in [0.3, 0.4) is 0 Å². The average Bonchev–Trinajstić information content (AvgIpc) is 3.91. The Bertz CT molecular complexity index is 3470. The van der Waals surface area contributed by atoms with Crippen molar-refractivity contribution in [3.63, 3.8) is 0 Å². The van der Waals surface area contributed by atoms with Gasteiger partial charge in [-0.25, -0.2) is 0 Å². The van der Waals surface area contributed by atoms with Gasteiger partial charge in [-0.1, -0.05) is 182 Å². The standard InChI is InChI=1S/C60H36O/c1-2-14-40-34-55-48(33-39(40)13-1)46-18-6-10-22-52(46)60(55)51-21-9-5-17-45(51)47-31-29-41(35-54(47)60)37-25-27-38(28-26-37)42-30-32-58-56(36-42)59(53-23-11-12-24-57(53)61-58)49-19-7-3-15-43(49)44-16-4-8-20-50(44)59/h1-36H. The molecular weight excluding hydrogens is 737 g/mol. The zero-order valence-corrected chi connectivity index (χ0v) is 33.2. The van der Waals surface area contributed by atoms with Crippen LogP contribution >= 0.6 is 0 Å². The highest BCUT2D eigenvalue weighted by Gasteiger charge is 2.53. The summed E-state index contributed by atoms with van der Waals surface area (Å²) in [4.78, 5) is 0. The third-order valence-electron chi connectivity index (χ3n) is 14.4. The van der Waals surface area contributed by atoms with Gasteiger partial charge in [0.25, 0.3) is 0 Å². The third kappa shape index (κ3) is 4.15. The van der Waals surface area contributed by atoms with Crippen LogP contribution in [0.1, 0.15) is 44.5 Å². The molecule has 4 aliphatic rings. The van der Waals surface area contributed by atoms with Crippen molar-refractivity contribution in [1.82, 2.24) is 0 Å². The molecule has 0 amide bonds. The Morgan fingerprint density at radius 1 is 0.230 bits per heavy atom. The van der Waals surface area contributed by atoms with E-state index in [2.05, 4.69) is 218 Å². The molecule has 3 aliphatic carbocycles. The molecule has 1 aliphatic heterocycles. The second-order valence-corrected chi connectivity index (χ2v) is 17.1. The normalized spacial score (nSPS) is 16.2. The highest BCUT2D eigenvalue weighted by molar-refractivity contribution is 6.00. The maximum atomic E-state index is 6.73. The number of benzene rings is 10. The molecule has 0 bridgehead atoms. The minimum Gasteiger partial charge on any atom is -0.457 e. The van der Waals surface area contributed by atoms with Crippen molar-refractivity contribution in [2.24, 2.45) is 0 Å². The topological polar surface area (TPSA) is 9.23 Å². The van der Waals surface area contributed by atoms with Gasteiger partial charge in [0.1, 0.15) is 11.5 Å². The van der Waals surface area contributed by atoms with Gasteiger partial charge in [0, 0.05) is 11.1 Å². The van der Waals surface area contributed by atoms with E-state index in [0.29, 0.717) is 0 Å². The molecule has 2 spiro atoms. The smallest absolute Gasteiger partial charge is 0.132 e. The van der Waals surface area contributed by atoms with Gasteiger partial charge in [-0.2, -0.15) is 0 Å². The lowest BCUT2D eigenvalue weighted by Gasteiger charge is -2.39. The monoisotopic (exact) mass is 772 g/mol. The van der Waals surface area contributed by atoms with E-state index in [1.54, 1.807) is 0 Å². The number of hydrogen-bond acceptors (Lipinski definition) is 1.